The third-order valence-corrected chi connectivity index (χ3v) is 7.47. The maximum absolute atomic E-state index is 15.4. The van der Waals surface area contributed by atoms with Crippen molar-refractivity contribution in [1.82, 2.24) is 34.2 Å². The highest BCUT2D eigenvalue weighted by Crippen LogP contribution is 2.33. The lowest BCUT2D eigenvalue weighted by molar-refractivity contribution is 0.116. The van der Waals surface area contributed by atoms with Crippen molar-refractivity contribution < 1.29 is 17.6 Å². The first kappa shape index (κ1) is 27.5. The minimum Gasteiger partial charge on any atom is -0.415 e. The van der Waals surface area contributed by atoms with Crippen LogP contribution in [0.1, 0.15) is 30.9 Å². The molecule has 0 amide bonds. The molecule has 0 bridgehead atoms. The van der Waals surface area contributed by atoms with Gasteiger partial charge in [-0.2, -0.15) is 8.78 Å². The number of benzene rings is 2. The molecule has 1 aliphatic heterocycles. The van der Waals surface area contributed by atoms with Crippen LogP contribution in [0.25, 0.3) is 44.5 Å². The van der Waals surface area contributed by atoms with Gasteiger partial charge in [-0.05, 0) is 68.9 Å². The number of pyridine rings is 1. The predicted molar refractivity (Wildman–Crippen MR) is 153 cm³/mol. The number of aromatic amines is 1. The lowest BCUT2D eigenvalue weighted by Gasteiger charge is -2.08. The third kappa shape index (κ3) is 5.20. The van der Waals surface area contributed by atoms with E-state index in [4.69, 9.17) is 4.42 Å². The zero-order valence-electron chi connectivity index (χ0n) is 23.0. The average Bonchev–Trinajstić information content (AvgIpc) is 3.80. The first-order valence-electron chi connectivity index (χ1n) is 13.5. The Hall–Kier alpha value is -4.71. The minimum absolute atomic E-state index is 0.0781. The molecule has 216 valence electrons. The molecule has 6 aromatic rings. The molecule has 0 radical (unpaired) electrons. The number of aromatic nitrogens is 6. The number of hydrogen-bond acceptors (Lipinski definition) is 6. The molecule has 1 fully saturated rings. The monoisotopic (exact) mass is 575 g/mol. The SMILES string of the molecule is CN1CCCC1.Cn1c(=O)n(Cc2ccc(-c3nnc(C(F)F)o3)cn2)c2cc(F)c(-c3cccc4[nH]ccc34)cc21. The van der Waals surface area contributed by atoms with Gasteiger partial charge in [0.05, 0.1) is 28.8 Å². The second-order valence-corrected chi connectivity index (χ2v) is 10.3. The Morgan fingerprint density at radius 2 is 1.81 bits per heavy atom. The summed E-state index contributed by atoms with van der Waals surface area (Å²) >= 11 is 0. The first-order valence-corrected chi connectivity index (χ1v) is 13.5. The van der Waals surface area contributed by atoms with Crippen molar-refractivity contribution in [3.63, 3.8) is 0 Å². The lowest BCUT2D eigenvalue weighted by atomic mass is 10.0. The Balaban J connectivity index is 0.000000470. The van der Waals surface area contributed by atoms with Crippen LogP contribution >= 0.6 is 0 Å². The van der Waals surface area contributed by atoms with Crippen LogP contribution in [0.3, 0.4) is 0 Å². The van der Waals surface area contributed by atoms with Crippen LogP contribution in [0.5, 0.6) is 0 Å². The summed E-state index contributed by atoms with van der Waals surface area (Å²) in [5, 5.41) is 7.78. The van der Waals surface area contributed by atoms with Crippen LogP contribution in [0.4, 0.5) is 13.2 Å². The van der Waals surface area contributed by atoms with E-state index in [1.807, 2.05) is 24.3 Å². The van der Waals surface area contributed by atoms with E-state index in [1.54, 1.807) is 31.4 Å². The molecule has 0 aliphatic carbocycles. The molecule has 1 aliphatic rings. The summed E-state index contributed by atoms with van der Waals surface area (Å²) in [5.74, 6) is -1.31. The number of hydrogen-bond donors (Lipinski definition) is 1. The van der Waals surface area contributed by atoms with E-state index in [0.717, 1.165) is 16.5 Å². The Morgan fingerprint density at radius 3 is 2.48 bits per heavy atom. The maximum atomic E-state index is 15.4. The molecule has 2 aromatic carbocycles. The van der Waals surface area contributed by atoms with Gasteiger partial charge in [-0.1, -0.05) is 12.1 Å². The highest BCUT2D eigenvalue weighted by molar-refractivity contribution is 5.97. The van der Waals surface area contributed by atoms with E-state index in [-0.39, 0.29) is 18.1 Å². The smallest absolute Gasteiger partial charge is 0.329 e. The van der Waals surface area contributed by atoms with Gasteiger partial charge in [0.1, 0.15) is 5.82 Å². The normalized spacial score (nSPS) is 13.8. The summed E-state index contributed by atoms with van der Waals surface area (Å²) in [6.07, 6.45) is 3.15. The molecule has 12 heteroatoms. The number of H-pyrrole nitrogens is 1. The second-order valence-electron chi connectivity index (χ2n) is 10.3. The molecule has 4 aromatic heterocycles. The van der Waals surface area contributed by atoms with Crippen LogP contribution < -0.4 is 5.69 Å². The number of aryl methyl sites for hydroxylation is 1. The maximum Gasteiger partial charge on any atom is 0.329 e. The second kappa shape index (κ2) is 11.3. The fourth-order valence-electron chi connectivity index (χ4n) is 5.22. The molecule has 0 unspecified atom stereocenters. The number of alkyl halides is 2. The van der Waals surface area contributed by atoms with Crippen molar-refractivity contribution >= 4 is 21.9 Å². The Kier molecular flexibility index (Phi) is 7.38. The Morgan fingerprint density at radius 1 is 1.00 bits per heavy atom. The summed E-state index contributed by atoms with van der Waals surface area (Å²) < 4.78 is 48.6. The van der Waals surface area contributed by atoms with Gasteiger partial charge >= 0.3 is 12.1 Å². The molecule has 0 spiro atoms. The van der Waals surface area contributed by atoms with Crippen molar-refractivity contribution in [2.75, 3.05) is 20.1 Å². The van der Waals surface area contributed by atoms with E-state index < -0.39 is 18.1 Å². The van der Waals surface area contributed by atoms with E-state index in [1.165, 1.54) is 47.3 Å². The summed E-state index contributed by atoms with van der Waals surface area (Å²) in [7, 11) is 3.80. The number of imidazole rings is 1. The van der Waals surface area contributed by atoms with Crippen LogP contribution in [0.2, 0.25) is 0 Å². The van der Waals surface area contributed by atoms with Gasteiger partial charge in [0.25, 0.3) is 5.89 Å². The van der Waals surface area contributed by atoms with Crippen LogP contribution in [-0.2, 0) is 13.6 Å². The summed E-state index contributed by atoms with van der Waals surface area (Å²) in [4.78, 5) is 22.8. The molecule has 42 heavy (non-hydrogen) atoms. The molecule has 1 N–H and O–H groups in total. The fourth-order valence-corrected chi connectivity index (χ4v) is 5.22. The van der Waals surface area contributed by atoms with E-state index in [2.05, 4.69) is 32.1 Å². The number of nitrogens with one attached hydrogen (secondary N) is 1. The molecule has 0 atom stereocenters. The summed E-state index contributed by atoms with van der Waals surface area (Å²) in [6.45, 7) is 2.72. The van der Waals surface area contributed by atoms with Gasteiger partial charge < -0.3 is 14.3 Å². The Bertz CT molecular complexity index is 1920. The third-order valence-electron chi connectivity index (χ3n) is 7.47. The van der Waals surface area contributed by atoms with Crippen molar-refractivity contribution in [2.24, 2.45) is 7.05 Å². The summed E-state index contributed by atoms with van der Waals surface area (Å²) in [5.41, 5.74) is 3.54. The van der Waals surface area contributed by atoms with E-state index in [0.29, 0.717) is 27.9 Å². The zero-order valence-corrected chi connectivity index (χ0v) is 23.0. The van der Waals surface area contributed by atoms with Crippen molar-refractivity contribution in [1.29, 1.82) is 0 Å². The van der Waals surface area contributed by atoms with Gasteiger partial charge in [0.2, 0.25) is 5.89 Å². The van der Waals surface area contributed by atoms with Gasteiger partial charge in [0, 0.05) is 42.0 Å². The molecule has 9 nitrogen and oxygen atoms in total. The molecule has 0 saturated carbocycles. The predicted octanol–water partition coefficient (Wildman–Crippen LogP) is 5.77. The highest BCUT2D eigenvalue weighted by Gasteiger charge is 2.19. The van der Waals surface area contributed by atoms with Crippen LogP contribution in [-0.4, -0.2) is 54.3 Å². The molecular formula is C30H28F3N7O2. The van der Waals surface area contributed by atoms with Crippen LogP contribution in [0, 0.1) is 5.82 Å². The van der Waals surface area contributed by atoms with E-state index >= 15 is 4.39 Å². The largest absolute Gasteiger partial charge is 0.415 e. The van der Waals surface area contributed by atoms with Crippen molar-refractivity contribution in [3.05, 3.63) is 88.8 Å². The fraction of sp³-hybridized carbons (Fsp3) is 0.267. The zero-order chi connectivity index (χ0) is 29.4. The molecule has 5 heterocycles. The molecule has 7 rings (SSSR count). The number of likely N-dealkylation sites (tertiary alicyclic amines) is 1. The average molecular weight is 576 g/mol. The first-order chi connectivity index (χ1) is 20.3. The lowest BCUT2D eigenvalue weighted by Crippen LogP contribution is -2.23. The Labute approximate surface area is 238 Å². The van der Waals surface area contributed by atoms with Crippen molar-refractivity contribution in [3.8, 4) is 22.6 Å². The highest BCUT2D eigenvalue weighted by atomic mass is 19.3. The standard InChI is InChI=1S/C25H17F3N6O2.C5H11N/c1-33-20-9-17(15-3-2-4-19-16(15)7-8-29-19)18(26)10-21(20)34(25(33)35)12-14-6-5-13(11-30-14)23-31-32-24(36-23)22(27)28;1-6-4-2-3-5-6/h2-11,22,29H,12H2,1H3;2-5H2,1H3. The molecular weight excluding hydrogens is 547 g/mol. The van der Waals surface area contributed by atoms with Gasteiger partial charge in [0.15, 0.2) is 0 Å². The molecule has 1 saturated heterocycles. The summed E-state index contributed by atoms with van der Waals surface area (Å²) in [6, 6.07) is 13.7. The topological polar surface area (TPSA) is 97.8 Å². The number of halogens is 3. The number of rotatable bonds is 5. The van der Waals surface area contributed by atoms with E-state index in [9.17, 15) is 13.6 Å². The number of nitrogens with zero attached hydrogens (tertiary/aromatic N) is 6. The van der Waals surface area contributed by atoms with Crippen LogP contribution in [0.15, 0.2) is 70.1 Å². The minimum atomic E-state index is -2.87. The number of fused-ring (bicyclic) bond motifs is 2. The van der Waals surface area contributed by atoms with Gasteiger partial charge in [-0.3, -0.25) is 14.1 Å². The van der Waals surface area contributed by atoms with Crippen molar-refractivity contribution in [2.45, 2.75) is 25.8 Å². The quantitative estimate of drug-likeness (QED) is 0.280. The van der Waals surface area contributed by atoms with Gasteiger partial charge in [-0.15, -0.1) is 10.2 Å². The van der Waals surface area contributed by atoms with Gasteiger partial charge in [-0.25, -0.2) is 9.18 Å².